The third-order valence-corrected chi connectivity index (χ3v) is 5.85. The average Bonchev–Trinajstić information content (AvgIpc) is 3.40. The lowest BCUT2D eigenvalue weighted by Crippen LogP contribution is -2.49. The maximum atomic E-state index is 11.3. The van der Waals surface area contributed by atoms with Crippen molar-refractivity contribution in [1.29, 1.82) is 0 Å². The average molecular weight is 443 g/mol. The zero-order chi connectivity index (χ0) is 22.9. The minimum absolute atomic E-state index is 0.00678. The lowest BCUT2D eigenvalue weighted by molar-refractivity contribution is -0.120. The Bertz CT molecular complexity index is 1300. The van der Waals surface area contributed by atoms with E-state index in [1.54, 1.807) is 16.3 Å². The monoisotopic (exact) mass is 442 g/mol. The Hall–Kier alpha value is -4.01. The van der Waals surface area contributed by atoms with Gasteiger partial charge in [0, 0.05) is 73.9 Å². The fourth-order valence-electron chi connectivity index (χ4n) is 4.15. The van der Waals surface area contributed by atoms with Crippen LogP contribution in [0.25, 0.3) is 33.6 Å². The summed E-state index contributed by atoms with van der Waals surface area (Å²) >= 11 is 0. The molecule has 0 spiro atoms. The molecule has 0 atom stereocenters. The second kappa shape index (κ2) is 8.50. The van der Waals surface area contributed by atoms with Crippen molar-refractivity contribution in [2.45, 2.75) is 31.8 Å². The van der Waals surface area contributed by atoms with Gasteiger partial charge < -0.3 is 10.6 Å². The van der Waals surface area contributed by atoms with Crippen molar-refractivity contribution in [1.82, 2.24) is 34.8 Å². The van der Waals surface area contributed by atoms with E-state index in [9.17, 15) is 4.79 Å². The van der Waals surface area contributed by atoms with E-state index in [0.717, 1.165) is 46.5 Å². The van der Waals surface area contributed by atoms with Gasteiger partial charge >= 0.3 is 0 Å². The molecule has 0 unspecified atom stereocenters. The molecule has 1 aliphatic carbocycles. The van der Waals surface area contributed by atoms with Crippen molar-refractivity contribution in [3.63, 3.8) is 0 Å². The number of carbonyl (C=O) groups is 1. The number of amides is 1. The standard InChI is InChI=1S/C24H26N8O/c1-15(33)28-20-8-21(9-20)29-24-22(19-11-27-32(3)14-19)12-25-23(30-24)17-6-4-5-16(7-17)18-10-26-31(2)13-18/h4-7,10-14,20-21H,8-9H2,1-3H3,(H,28,33)(H,25,29,30)/t20-,21+. The Morgan fingerprint density at radius 1 is 0.939 bits per heavy atom. The Labute approximate surface area is 191 Å². The number of hydrogen-bond acceptors (Lipinski definition) is 6. The normalized spacial score (nSPS) is 17.4. The molecule has 5 rings (SSSR count). The minimum Gasteiger partial charge on any atom is -0.367 e. The van der Waals surface area contributed by atoms with E-state index < -0.39 is 0 Å². The van der Waals surface area contributed by atoms with Crippen molar-refractivity contribution >= 4 is 11.7 Å². The molecule has 33 heavy (non-hydrogen) atoms. The molecule has 168 valence electrons. The van der Waals surface area contributed by atoms with Gasteiger partial charge in [-0.3, -0.25) is 14.2 Å². The summed E-state index contributed by atoms with van der Waals surface area (Å²) in [7, 11) is 3.79. The smallest absolute Gasteiger partial charge is 0.217 e. The fourth-order valence-corrected chi connectivity index (χ4v) is 4.15. The first-order valence-electron chi connectivity index (χ1n) is 10.9. The van der Waals surface area contributed by atoms with Gasteiger partial charge in [-0.1, -0.05) is 18.2 Å². The summed E-state index contributed by atoms with van der Waals surface area (Å²) in [5.74, 6) is 1.42. The number of hydrogen-bond donors (Lipinski definition) is 2. The number of aryl methyl sites for hydroxylation is 2. The predicted molar refractivity (Wildman–Crippen MR) is 126 cm³/mol. The molecule has 1 aliphatic rings. The van der Waals surface area contributed by atoms with E-state index in [2.05, 4.69) is 37.9 Å². The van der Waals surface area contributed by atoms with Crippen molar-refractivity contribution in [2.24, 2.45) is 14.1 Å². The molecule has 1 fully saturated rings. The van der Waals surface area contributed by atoms with Gasteiger partial charge in [0.05, 0.1) is 12.4 Å². The Morgan fingerprint density at radius 3 is 2.30 bits per heavy atom. The van der Waals surface area contributed by atoms with Crippen LogP contribution in [0.2, 0.25) is 0 Å². The Kier molecular flexibility index (Phi) is 5.37. The molecule has 1 amide bonds. The molecule has 4 aromatic rings. The van der Waals surface area contributed by atoms with Gasteiger partial charge in [-0.05, 0) is 24.5 Å². The van der Waals surface area contributed by atoms with Crippen LogP contribution in [0.4, 0.5) is 5.82 Å². The van der Waals surface area contributed by atoms with E-state index in [-0.39, 0.29) is 18.0 Å². The molecule has 9 heteroatoms. The summed E-state index contributed by atoms with van der Waals surface area (Å²) in [5, 5.41) is 15.1. The quantitative estimate of drug-likeness (QED) is 0.476. The number of nitrogens with zero attached hydrogens (tertiary/aromatic N) is 6. The topological polar surface area (TPSA) is 103 Å². The Balaban J connectivity index is 1.46. The number of carbonyl (C=O) groups excluding carboxylic acids is 1. The SMILES string of the molecule is CC(=O)N[C@H]1C[C@@H](Nc2nc(-c3cccc(-c4cnn(C)c4)c3)ncc2-c2cnn(C)c2)C1. The van der Waals surface area contributed by atoms with Crippen LogP contribution < -0.4 is 10.6 Å². The fraction of sp³-hybridized carbons (Fsp3) is 0.292. The van der Waals surface area contributed by atoms with Gasteiger partial charge in [0.25, 0.3) is 0 Å². The van der Waals surface area contributed by atoms with Gasteiger partial charge in [-0.15, -0.1) is 0 Å². The van der Waals surface area contributed by atoms with E-state index in [4.69, 9.17) is 4.98 Å². The lowest BCUT2D eigenvalue weighted by Gasteiger charge is -2.36. The summed E-state index contributed by atoms with van der Waals surface area (Å²) in [5.41, 5.74) is 4.89. The highest BCUT2D eigenvalue weighted by Crippen LogP contribution is 2.32. The highest BCUT2D eigenvalue weighted by Gasteiger charge is 2.30. The van der Waals surface area contributed by atoms with Crippen LogP contribution in [-0.4, -0.2) is 47.5 Å². The number of aromatic nitrogens is 6. The first-order valence-corrected chi connectivity index (χ1v) is 10.9. The van der Waals surface area contributed by atoms with Gasteiger partial charge in [-0.2, -0.15) is 10.2 Å². The molecule has 0 aliphatic heterocycles. The zero-order valence-electron chi connectivity index (χ0n) is 18.9. The highest BCUT2D eigenvalue weighted by atomic mass is 16.1. The number of anilines is 1. The molecular weight excluding hydrogens is 416 g/mol. The van der Waals surface area contributed by atoms with Crippen LogP contribution in [0.1, 0.15) is 19.8 Å². The third-order valence-electron chi connectivity index (χ3n) is 5.85. The molecule has 0 radical (unpaired) electrons. The van der Waals surface area contributed by atoms with Crippen LogP contribution in [-0.2, 0) is 18.9 Å². The molecule has 3 aromatic heterocycles. The predicted octanol–water partition coefficient (Wildman–Crippen LogP) is 3.02. The van der Waals surface area contributed by atoms with Crippen LogP contribution in [0.5, 0.6) is 0 Å². The molecule has 9 nitrogen and oxygen atoms in total. The number of nitrogens with one attached hydrogen (secondary N) is 2. The summed E-state index contributed by atoms with van der Waals surface area (Å²) in [6.45, 7) is 1.55. The van der Waals surface area contributed by atoms with Crippen LogP contribution in [0, 0.1) is 0 Å². The Morgan fingerprint density at radius 2 is 1.64 bits per heavy atom. The second-order valence-electron chi connectivity index (χ2n) is 8.55. The maximum absolute atomic E-state index is 11.3. The van der Waals surface area contributed by atoms with E-state index in [0.29, 0.717) is 5.82 Å². The van der Waals surface area contributed by atoms with Crippen LogP contribution >= 0.6 is 0 Å². The van der Waals surface area contributed by atoms with E-state index in [1.807, 2.05) is 57.2 Å². The molecule has 1 aromatic carbocycles. The van der Waals surface area contributed by atoms with Crippen molar-refractivity contribution in [3.05, 3.63) is 55.2 Å². The van der Waals surface area contributed by atoms with E-state index in [1.165, 1.54) is 0 Å². The lowest BCUT2D eigenvalue weighted by atomic mass is 9.86. The summed E-state index contributed by atoms with van der Waals surface area (Å²) in [6, 6.07) is 8.60. The summed E-state index contributed by atoms with van der Waals surface area (Å²) in [6.07, 6.45) is 11.2. The van der Waals surface area contributed by atoms with Crippen LogP contribution in [0.15, 0.2) is 55.2 Å². The van der Waals surface area contributed by atoms with E-state index >= 15 is 0 Å². The molecule has 0 saturated heterocycles. The molecule has 1 saturated carbocycles. The molecule has 2 N–H and O–H groups in total. The first kappa shape index (κ1) is 20.9. The minimum atomic E-state index is 0.00678. The first-order chi connectivity index (χ1) is 15.9. The van der Waals surface area contributed by atoms with Crippen molar-refractivity contribution in [2.75, 3.05) is 5.32 Å². The second-order valence-corrected chi connectivity index (χ2v) is 8.55. The number of rotatable bonds is 6. The largest absolute Gasteiger partial charge is 0.367 e. The molecule has 3 heterocycles. The summed E-state index contributed by atoms with van der Waals surface area (Å²) in [4.78, 5) is 20.9. The van der Waals surface area contributed by atoms with Crippen molar-refractivity contribution < 1.29 is 4.79 Å². The van der Waals surface area contributed by atoms with Gasteiger partial charge in [0.15, 0.2) is 5.82 Å². The summed E-state index contributed by atoms with van der Waals surface area (Å²) < 4.78 is 3.55. The van der Waals surface area contributed by atoms with Gasteiger partial charge in [0.2, 0.25) is 5.91 Å². The molecular formula is C24H26N8O. The van der Waals surface area contributed by atoms with Gasteiger partial charge in [-0.25, -0.2) is 9.97 Å². The van der Waals surface area contributed by atoms with Crippen molar-refractivity contribution in [3.8, 4) is 33.6 Å². The van der Waals surface area contributed by atoms with Crippen LogP contribution in [0.3, 0.4) is 0 Å². The third kappa shape index (κ3) is 4.48. The molecule has 0 bridgehead atoms. The maximum Gasteiger partial charge on any atom is 0.217 e. The number of benzene rings is 1. The van der Waals surface area contributed by atoms with Gasteiger partial charge in [0.1, 0.15) is 5.82 Å². The highest BCUT2D eigenvalue weighted by molar-refractivity contribution is 5.77. The zero-order valence-corrected chi connectivity index (χ0v) is 18.9.